The molecule has 0 saturated heterocycles. The molecule has 198 valence electrons. The first-order valence-corrected chi connectivity index (χ1v) is 14.0. The number of rotatable bonds is 7. The van der Waals surface area contributed by atoms with Gasteiger partial charge in [0.1, 0.15) is 20.6 Å². The molecule has 0 radical (unpaired) electrons. The number of ether oxygens (including phenoxy) is 1. The third-order valence-electron chi connectivity index (χ3n) is 4.91. The van der Waals surface area contributed by atoms with E-state index in [2.05, 4.69) is 4.98 Å². The van der Waals surface area contributed by atoms with Gasteiger partial charge < -0.3 is 8.92 Å². The maximum Gasteiger partial charge on any atom is 0.417 e. The lowest BCUT2D eigenvalue weighted by atomic mass is 10.3. The normalized spacial score (nSPS) is 12.2. The smallest absolute Gasteiger partial charge is 0.417 e. The number of nitrogens with zero attached hydrogens (tertiary/aromatic N) is 1. The van der Waals surface area contributed by atoms with Crippen molar-refractivity contribution in [3.63, 3.8) is 0 Å². The first-order valence-electron chi connectivity index (χ1n) is 10.3. The highest BCUT2D eigenvalue weighted by atomic mass is 35.5. The fourth-order valence-electron chi connectivity index (χ4n) is 3.09. The SMILES string of the molecule is O=S(=O)(Oc1ccc(Oc2ncc(C(F)(F)F)cc2Cl)cc1S(=O)(=O)c1ccccc1)c1ccc(Cl)cc1. The average Bonchev–Trinajstić information content (AvgIpc) is 2.86. The molecule has 0 spiro atoms. The predicted molar refractivity (Wildman–Crippen MR) is 132 cm³/mol. The van der Waals surface area contributed by atoms with Crippen molar-refractivity contribution >= 4 is 43.2 Å². The standard InChI is InChI=1S/C24H14Cl2F3NO6S2/c25-16-6-9-19(10-7-16)38(33,34)36-21-11-8-17(13-22(21)37(31,32)18-4-2-1-3-5-18)35-23-20(26)12-15(14-30-23)24(27,28)29/h1-14H. The van der Waals surface area contributed by atoms with Crippen molar-refractivity contribution in [2.24, 2.45) is 0 Å². The highest BCUT2D eigenvalue weighted by Crippen LogP contribution is 2.38. The van der Waals surface area contributed by atoms with E-state index in [9.17, 15) is 30.0 Å². The second kappa shape index (κ2) is 10.4. The molecule has 0 aliphatic carbocycles. The lowest BCUT2D eigenvalue weighted by Gasteiger charge is -2.15. The van der Waals surface area contributed by atoms with Crippen molar-refractivity contribution in [3.05, 3.63) is 101 Å². The molecule has 7 nitrogen and oxygen atoms in total. The van der Waals surface area contributed by atoms with Crippen molar-refractivity contribution in [2.75, 3.05) is 0 Å². The summed E-state index contributed by atoms with van der Waals surface area (Å²) in [6.45, 7) is 0. The molecule has 1 heterocycles. The summed E-state index contributed by atoms with van der Waals surface area (Å²) in [6.07, 6.45) is -4.19. The number of aromatic nitrogens is 1. The predicted octanol–water partition coefficient (Wildman–Crippen LogP) is 6.80. The summed E-state index contributed by atoms with van der Waals surface area (Å²) in [5, 5.41) is -0.216. The summed E-state index contributed by atoms with van der Waals surface area (Å²) < 4.78 is 102. The second-order valence-electron chi connectivity index (χ2n) is 7.53. The Kier molecular flexibility index (Phi) is 7.62. The van der Waals surface area contributed by atoms with Crippen LogP contribution in [0.15, 0.2) is 99.7 Å². The van der Waals surface area contributed by atoms with Gasteiger partial charge in [0, 0.05) is 17.3 Å². The van der Waals surface area contributed by atoms with Crippen molar-refractivity contribution < 1.29 is 38.9 Å². The molecule has 0 atom stereocenters. The van der Waals surface area contributed by atoms with Crippen LogP contribution < -0.4 is 8.92 Å². The van der Waals surface area contributed by atoms with Crippen LogP contribution in [0.2, 0.25) is 10.0 Å². The van der Waals surface area contributed by atoms with Crippen LogP contribution in [0.4, 0.5) is 13.2 Å². The minimum atomic E-state index is -4.69. The minimum absolute atomic E-state index is 0.184. The monoisotopic (exact) mass is 603 g/mol. The Morgan fingerprint density at radius 1 is 0.789 bits per heavy atom. The summed E-state index contributed by atoms with van der Waals surface area (Å²) in [5.74, 6) is -1.21. The van der Waals surface area contributed by atoms with Gasteiger partial charge in [0.2, 0.25) is 15.7 Å². The van der Waals surface area contributed by atoms with Crippen LogP contribution in [-0.4, -0.2) is 21.8 Å². The Hall–Kier alpha value is -3.32. The lowest BCUT2D eigenvalue weighted by Crippen LogP contribution is -2.13. The summed E-state index contributed by atoms with van der Waals surface area (Å²) in [5.41, 5.74) is -1.11. The molecule has 0 aliphatic heterocycles. The van der Waals surface area contributed by atoms with E-state index in [1.165, 1.54) is 48.5 Å². The van der Waals surface area contributed by atoms with Gasteiger partial charge >= 0.3 is 16.3 Å². The van der Waals surface area contributed by atoms with Gasteiger partial charge in [-0.15, -0.1) is 0 Å². The van der Waals surface area contributed by atoms with Crippen LogP contribution in [0.3, 0.4) is 0 Å². The Bertz CT molecular complexity index is 1700. The average molecular weight is 604 g/mol. The molecule has 1 aromatic heterocycles. The molecule has 4 aromatic rings. The molecule has 4 rings (SSSR count). The van der Waals surface area contributed by atoms with Gasteiger partial charge in [0.25, 0.3) is 0 Å². The molecular weight excluding hydrogens is 590 g/mol. The zero-order valence-corrected chi connectivity index (χ0v) is 21.8. The maximum atomic E-state index is 13.4. The van der Waals surface area contributed by atoms with Crippen LogP contribution in [0.25, 0.3) is 0 Å². The Balaban J connectivity index is 1.78. The Morgan fingerprint density at radius 2 is 1.45 bits per heavy atom. The van der Waals surface area contributed by atoms with E-state index in [4.69, 9.17) is 32.1 Å². The molecule has 0 aliphatic rings. The molecule has 0 amide bonds. The van der Waals surface area contributed by atoms with E-state index < -0.39 is 53.2 Å². The van der Waals surface area contributed by atoms with Crippen molar-refractivity contribution in [1.29, 1.82) is 0 Å². The zero-order valence-electron chi connectivity index (χ0n) is 18.7. The largest absolute Gasteiger partial charge is 0.437 e. The molecule has 0 fully saturated rings. The Labute approximate surface area is 225 Å². The third-order valence-corrected chi connectivity index (χ3v) is 8.47. The highest BCUT2D eigenvalue weighted by molar-refractivity contribution is 7.91. The fraction of sp³-hybridized carbons (Fsp3) is 0.0417. The van der Waals surface area contributed by atoms with Gasteiger partial charge in [-0.3, -0.25) is 0 Å². The Morgan fingerprint density at radius 3 is 2.05 bits per heavy atom. The number of benzene rings is 3. The maximum absolute atomic E-state index is 13.4. The van der Waals surface area contributed by atoms with Gasteiger partial charge in [0.15, 0.2) is 5.75 Å². The van der Waals surface area contributed by atoms with Crippen molar-refractivity contribution in [2.45, 2.75) is 20.9 Å². The summed E-state index contributed by atoms with van der Waals surface area (Å²) in [6, 6.07) is 15.8. The van der Waals surface area contributed by atoms with Gasteiger partial charge in [-0.25, -0.2) is 13.4 Å². The second-order valence-corrected chi connectivity index (χ2v) is 11.8. The molecule has 14 heteroatoms. The van der Waals surface area contributed by atoms with E-state index in [-0.39, 0.29) is 20.6 Å². The number of pyridine rings is 1. The minimum Gasteiger partial charge on any atom is -0.437 e. The molecule has 0 saturated carbocycles. The van der Waals surface area contributed by atoms with Crippen LogP contribution >= 0.6 is 23.2 Å². The van der Waals surface area contributed by atoms with E-state index in [0.29, 0.717) is 12.3 Å². The molecule has 0 bridgehead atoms. The lowest BCUT2D eigenvalue weighted by molar-refractivity contribution is -0.137. The first-order chi connectivity index (χ1) is 17.8. The van der Waals surface area contributed by atoms with Crippen LogP contribution in [0.5, 0.6) is 17.4 Å². The quantitative estimate of drug-likeness (QED) is 0.214. The van der Waals surface area contributed by atoms with Crippen LogP contribution in [0.1, 0.15) is 5.56 Å². The number of hydrogen-bond acceptors (Lipinski definition) is 7. The molecule has 0 unspecified atom stereocenters. The van der Waals surface area contributed by atoms with E-state index >= 15 is 0 Å². The van der Waals surface area contributed by atoms with Gasteiger partial charge in [-0.1, -0.05) is 41.4 Å². The third kappa shape index (κ3) is 6.04. The summed E-state index contributed by atoms with van der Waals surface area (Å²) in [4.78, 5) is 2.49. The molecule has 0 N–H and O–H groups in total. The topological polar surface area (TPSA) is 99.6 Å². The molecule has 38 heavy (non-hydrogen) atoms. The number of halogens is 5. The van der Waals surface area contributed by atoms with Gasteiger partial charge in [0.05, 0.1) is 10.5 Å². The number of alkyl halides is 3. The summed E-state index contributed by atoms with van der Waals surface area (Å²) in [7, 11) is -8.87. The molecular formula is C24H14Cl2F3NO6S2. The first kappa shape index (κ1) is 27.7. The highest BCUT2D eigenvalue weighted by Gasteiger charge is 2.32. The fourth-order valence-corrected chi connectivity index (χ4v) is 5.84. The number of hydrogen-bond donors (Lipinski definition) is 0. The van der Waals surface area contributed by atoms with E-state index in [1.54, 1.807) is 6.07 Å². The van der Waals surface area contributed by atoms with E-state index in [1.807, 2.05) is 0 Å². The van der Waals surface area contributed by atoms with E-state index in [0.717, 1.165) is 18.2 Å². The van der Waals surface area contributed by atoms with Crippen molar-refractivity contribution in [1.82, 2.24) is 4.98 Å². The number of sulfone groups is 1. The summed E-state index contributed by atoms with van der Waals surface area (Å²) >= 11 is 11.7. The van der Waals surface area contributed by atoms with Gasteiger partial charge in [-0.2, -0.15) is 21.6 Å². The van der Waals surface area contributed by atoms with Crippen molar-refractivity contribution in [3.8, 4) is 17.4 Å². The van der Waals surface area contributed by atoms with Gasteiger partial charge in [-0.05, 0) is 54.6 Å². The zero-order chi connectivity index (χ0) is 27.7. The molecule has 3 aromatic carbocycles. The van der Waals surface area contributed by atoms with Crippen LogP contribution in [0, 0.1) is 0 Å². The van der Waals surface area contributed by atoms with Crippen LogP contribution in [-0.2, 0) is 26.1 Å².